The van der Waals surface area contributed by atoms with Gasteiger partial charge in [0, 0.05) is 24.8 Å². The van der Waals surface area contributed by atoms with Crippen molar-refractivity contribution >= 4 is 5.69 Å². The maximum atomic E-state index is 8.82. The Balaban J connectivity index is 2.12. The monoisotopic (exact) mass is 229 g/mol. The van der Waals surface area contributed by atoms with Crippen molar-refractivity contribution in [2.75, 3.05) is 24.5 Å². The Morgan fingerprint density at radius 1 is 1.35 bits per heavy atom. The van der Waals surface area contributed by atoms with Crippen molar-refractivity contribution in [3.8, 4) is 6.07 Å². The van der Waals surface area contributed by atoms with E-state index in [1.165, 1.54) is 5.69 Å². The van der Waals surface area contributed by atoms with Crippen LogP contribution in [0.5, 0.6) is 0 Å². The molecule has 90 valence electrons. The molecule has 1 saturated heterocycles. The number of anilines is 1. The van der Waals surface area contributed by atoms with Crippen molar-refractivity contribution < 1.29 is 0 Å². The van der Waals surface area contributed by atoms with Crippen molar-refractivity contribution in [3.05, 3.63) is 30.3 Å². The quantitative estimate of drug-likeness (QED) is 0.843. The van der Waals surface area contributed by atoms with Gasteiger partial charge in [-0.1, -0.05) is 25.1 Å². The highest BCUT2D eigenvalue weighted by Crippen LogP contribution is 2.18. The zero-order chi connectivity index (χ0) is 12.1. The third-order valence-corrected chi connectivity index (χ3v) is 3.19. The van der Waals surface area contributed by atoms with Crippen LogP contribution in [0.1, 0.15) is 13.3 Å². The molecule has 1 aliphatic rings. The van der Waals surface area contributed by atoms with E-state index in [-0.39, 0.29) is 6.04 Å². The fourth-order valence-electron chi connectivity index (χ4n) is 2.31. The summed E-state index contributed by atoms with van der Waals surface area (Å²) >= 11 is 0. The molecule has 2 rings (SSSR count). The molecule has 17 heavy (non-hydrogen) atoms. The molecule has 0 radical (unpaired) electrons. The standard InChI is InChI=1S/C14H19N3/c1-12-9-16-13(7-8-15)11-17(10-12)14-5-3-2-4-6-14/h2-6,12-13,16H,7,9-11H2,1H3. The van der Waals surface area contributed by atoms with Crippen molar-refractivity contribution in [2.24, 2.45) is 5.92 Å². The molecule has 0 bridgehead atoms. The van der Waals surface area contributed by atoms with E-state index in [0.717, 1.165) is 19.6 Å². The zero-order valence-corrected chi connectivity index (χ0v) is 10.3. The van der Waals surface area contributed by atoms with E-state index in [0.29, 0.717) is 12.3 Å². The normalized spacial score (nSPS) is 25.1. The topological polar surface area (TPSA) is 39.1 Å². The number of para-hydroxylation sites is 1. The zero-order valence-electron chi connectivity index (χ0n) is 10.3. The van der Waals surface area contributed by atoms with E-state index >= 15 is 0 Å². The average Bonchev–Trinajstić information content (AvgIpc) is 2.54. The van der Waals surface area contributed by atoms with Crippen LogP contribution in [0.4, 0.5) is 5.69 Å². The molecule has 1 heterocycles. The second kappa shape index (κ2) is 5.70. The number of nitriles is 1. The predicted octanol–water partition coefficient (Wildman–Crippen LogP) is 2.01. The molecule has 2 atom stereocenters. The molecule has 1 N–H and O–H groups in total. The predicted molar refractivity (Wildman–Crippen MR) is 69.8 cm³/mol. The summed E-state index contributed by atoms with van der Waals surface area (Å²) in [7, 11) is 0. The molecule has 1 aromatic carbocycles. The number of rotatable bonds is 2. The third kappa shape index (κ3) is 3.21. The van der Waals surface area contributed by atoms with Gasteiger partial charge in [0.15, 0.2) is 0 Å². The first-order valence-electron chi connectivity index (χ1n) is 6.20. The summed E-state index contributed by atoms with van der Waals surface area (Å²) in [5.41, 5.74) is 1.26. The molecule has 3 nitrogen and oxygen atoms in total. The summed E-state index contributed by atoms with van der Waals surface area (Å²) in [6.07, 6.45) is 0.579. The number of benzene rings is 1. The lowest BCUT2D eigenvalue weighted by Gasteiger charge is -2.26. The summed E-state index contributed by atoms with van der Waals surface area (Å²) in [6.45, 7) is 5.22. The Hall–Kier alpha value is -1.53. The van der Waals surface area contributed by atoms with Crippen LogP contribution in [-0.2, 0) is 0 Å². The van der Waals surface area contributed by atoms with Gasteiger partial charge >= 0.3 is 0 Å². The lowest BCUT2D eigenvalue weighted by Crippen LogP contribution is -2.37. The molecule has 0 spiro atoms. The minimum Gasteiger partial charge on any atom is -0.370 e. The molecule has 0 amide bonds. The molecule has 1 fully saturated rings. The number of hydrogen-bond acceptors (Lipinski definition) is 3. The van der Waals surface area contributed by atoms with E-state index in [2.05, 4.69) is 47.5 Å². The van der Waals surface area contributed by atoms with Crippen molar-refractivity contribution in [1.29, 1.82) is 5.26 Å². The smallest absolute Gasteiger partial charge is 0.0638 e. The van der Waals surface area contributed by atoms with Crippen LogP contribution in [0.3, 0.4) is 0 Å². The van der Waals surface area contributed by atoms with Crippen LogP contribution in [0.25, 0.3) is 0 Å². The van der Waals surface area contributed by atoms with E-state index in [1.807, 2.05) is 6.07 Å². The molecular formula is C14H19N3. The van der Waals surface area contributed by atoms with Crippen molar-refractivity contribution in [3.63, 3.8) is 0 Å². The van der Waals surface area contributed by atoms with E-state index in [1.54, 1.807) is 0 Å². The minimum atomic E-state index is 0.283. The van der Waals surface area contributed by atoms with Gasteiger partial charge in [-0.2, -0.15) is 5.26 Å². The summed E-state index contributed by atoms with van der Waals surface area (Å²) in [5.74, 6) is 0.610. The van der Waals surface area contributed by atoms with Gasteiger partial charge < -0.3 is 10.2 Å². The van der Waals surface area contributed by atoms with Crippen molar-refractivity contribution in [1.82, 2.24) is 5.32 Å². The van der Waals surface area contributed by atoms with Crippen LogP contribution >= 0.6 is 0 Å². The van der Waals surface area contributed by atoms with Gasteiger partial charge in [0.25, 0.3) is 0 Å². The lowest BCUT2D eigenvalue weighted by molar-refractivity contribution is 0.509. The molecule has 0 saturated carbocycles. The molecular weight excluding hydrogens is 210 g/mol. The summed E-state index contributed by atoms with van der Waals surface area (Å²) in [6, 6.07) is 13.0. The van der Waals surface area contributed by atoms with Gasteiger partial charge in [0.1, 0.15) is 0 Å². The Kier molecular flexibility index (Phi) is 4.00. The van der Waals surface area contributed by atoms with Crippen LogP contribution < -0.4 is 10.2 Å². The first-order chi connectivity index (χ1) is 8.29. The first kappa shape index (κ1) is 11.9. The second-order valence-corrected chi connectivity index (χ2v) is 4.81. The number of nitrogens with one attached hydrogen (secondary N) is 1. The fraction of sp³-hybridized carbons (Fsp3) is 0.500. The molecule has 1 aromatic rings. The van der Waals surface area contributed by atoms with Crippen LogP contribution in [0.2, 0.25) is 0 Å². The number of hydrogen-bond donors (Lipinski definition) is 1. The minimum absolute atomic E-state index is 0.283. The summed E-state index contributed by atoms with van der Waals surface area (Å²) < 4.78 is 0. The van der Waals surface area contributed by atoms with Crippen LogP contribution in [-0.4, -0.2) is 25.7 Å². The maximum absolute atomic E-state index is 8.82. The maximum Gasteiger partial charge on any atom is 0.0638 e. The Bertz CT molecular complexity index is 382. The molecule has 0 aromatic heterocycles. The largest absolute Gasteiger partial charge is 0.370 e. The summed E-state index contributed by atoms with van der Waals surface area (Å²) in [4.78, 5) is 2.38. The van der Waals surface area contributed by atoms with Crippen LogP contribution in [0, 0.1) is 17.2 Å². The third-order valence-electron chi connectivity index (χ3n) is 3.19. The van der Waals surface area contributed by atoms with Gasteiger partial charge in [-0.25, -0.2) is 0 Å². The highest BCUT2D eigenvalue weighted by Gasteiger charge is 2.21. The van der Waals surface area contributed by atoms with E-state index in [9.17, 15) is 0 Å². The van der Waals surface area contributed by atoms with Gasteiger partial charge in [-0.05, 0) is 24.6 Å². The average molecular weight is 229 g/mol. The fourth-order valence-corrected chi connectivity index (χ4v) is 2.31. The Labute approximate surface area is 103 Å². The summed E-state index contributed by atoms with van der Waals surface area (Å²) in [5, 5.41) is 12.3. The van der Waals surface area contributed by atoms with Gasteiger partial charge in [0.05, 0.1) is 12.5 Å². The molecule has 2 unspecified atom stereocenters. The highest BCUT2D eigenvalue weighted by molar-refractivity contribution is 5.46. The van der Waals surface area contributed by atoms with E-state index < -0.39 is 0 Å². The van der Waals surface area contributed by atoms with Crippen molar-refractivity contribution in [2.45, 2.75) is 19.4 Å². The van der Waals surface area contributed by atoms with Gasteiger partial charge in [-0.15, -0.1) is 0 Å². The van der Waals surface area contributed by atoms with Gasteiger partial charge in [0.2, 0.25) is 0 Å². The first-order valence-corrected chi connectivity index (χ1v) is 6.20. The van der Waals surface area contributed by atoms with Gasteiger partial charge in [-0.3, -0.25) is 0 Å². The molecule has 3 heteroatoms. The molecule has 1 aliphatic heterocycles. The lowest BCUT2D eigenvalue weighted by atomic mass is 10.1. The van der Waals surface area contributed by atoms with E-state index in [4.69, 9.17) is 5.26 Å². The number of nitrogens with zero attached hydrogens (tertiary/aromatic N) is 2. The second-order valence-electron chi connectivity index (χ2n) is 4.81. The Morgan fingerprint density at radius 3 is 2.82 bits per heavy atom. The highest BCUT2D eigenvalue weighted by atomic mass is 15.2. The Morgan fingerprint density at radius 2 is 2.12 bits per heavy atom. The SMILES string of the molecule is CC1CNC(CC#N)CN(c2ccccc2)C1. The van der Waals surface area contributed by atoms with Crippen LogP contribution in [0.15, 0.2) is 30.3 Å². The molecule has 0 aliphatic carbocycles.